The number of hydrogen-bond acceptors (Lipinski definition) is 2. The predicted molar refractivity (Wildman–Crippen MR) is 94.2 cm³/mol. The van der Waals surface area contributed by atoms with Gasteiger partial charge in [0.25, 0.3) is 0 Å². The number of fused-ring (bicyclic) bond motifs is 1. The summed E-state index contributed by atoms with van der Waals surface area (Å²) >= 11 is 0. The van der Waals surface area contributed by atoms with E-state index in [1.54, 1.807) is 7.11 Å². The molecule has 0 heterocycles. The number of carbonyl (C=O) groups excluding carboxylic acids is 1. The van der Waals surface area contributed by atoms with E-state index in [-0.39, 0.29) is 5.78 Å². The number of hydrogen-bond donors (Lipinski definition) is 0. The molecule has 118 valence electrons. The zero-order chi connectivity index (χ0) is 16.4. The molecule has 0 atom stereocenters. The van der Waals surface area contributed by atoms with Crippen LogP contribution in [0.1, 0.15) is 53.2 Å². The molecule has 0 aliphatic heterocycles. The molecule has 1 aliphatic carbocycles. The molecule has 0 aromatic heterocycles. The van der Waals surface area contributed by atoms with Gasteiger partial charge in [-0.15, -0.1) is 0 Å². The lowest BCUT2D eigenvalue weighted by Crippen LogP contribution is -2.14. The molecular weight excluding hydrogens is 284 g/mol. The van der Waals surface area contributed by atoms with Gasteiger partial charge in [0.05, 0.1) is 7.11 Å². The molecule has 0 saturated carbocycles. The Balaban J connectivity index is 1.88. The molecule has 0 saturated heterocycles. The van der Waals surface area contributed by atoms with E-state index < -0.39 is 0 Å². The van der Waals surface area contributed by atoms with Crippen LogP contribution in [0.4, 0.5) is 0 Å². The van der Waals surface area contributed by atoms with Crippen molar-refractivity contribution in [3.05, 3.63) is 70.3 Å². The molecule has 1 aliphatic rings. The van der Waals surface area contributed by atoms with Gasteiger partial charge in [0.1, 0.15) is 5.75 Å². The molecule has 0 fully saturated rings. The van der Waals surface area contributed by atoms with Crippen LogP contribution in [0.5, 0.6) is 5.75 Å². The lowest BCUT2D eigenvalue weighted by molar-refractivity contribution is 0.102. The van der Waals surface area contributed by atoms with Crippen molar-refractivity contribution in [3.8, 4) is 5.75 Å². The van der Waals surface area contributed by atoms with Gasteiger partial charge in [-0.05, 0) is 59.7 Å². The van der Waals surface area contributed by atoms with E-state index >= 15 is 0 Å². The second kappa shape index (κ2) is 6.41. The highest BCUT2D eigenvalue weighted by Crippen LogP contribution is 2.29. The average Bonchev–Trinajstić information content (AvgIpc) is 2.57. The van der Waals surface area contributed by atoms with Crippen LogP contribution >= 0.6 is 0 Å². The van der Waals surface area contributed by atoms with E-state index in [0.717, 1.165) is 40.9 Å². The van der Waals surface area contributed by atoms with Gasteiger partial charge in [0, 0.05) is 11.1 Å². The smallest absolute Gasteiger partial charge is 0.189 e. The summed E-state index contributed by atoms with van der Waals surface area (Å²) < 4.78 is 5.24. The van der Waals surface area contributed by atoms with Crippen molar-refractivity contribution in [1.29, 1.82) is 0 Å². The van der Waals surface area contributed by atoms with E-state index in [2.05, 4.69) is 38.1 Å². The first kappa shape index (κ1) is 15.5. The Labute approximate surface area is 137 Å². The van der Waals surface area contributed by atoms with Gasteiger partial charge in [-0.3, -0.25) is 4.79 Å². The largest absolute Gasteiger partial charge is 0.497 e. The zero-order valence-corrected chi connectivity index (χ0v) is 13.9. The number of rotatable bonds is 3. The Kier molecular flexibility index (Phi) is 4.33. The van der Waals surface area contributed by atoms with E-state index in [1.165, 1.54) is 5.56 Å². The fourth-order valence-electron chi connectivity index (χ4n) is 3.00. The molecule has 0 radical (unpaired) electrons. The number of ether oxygens (including phenoxy) is 1. The highest BCUT2D eigenvalue weighted by molar-refractivity contribution is 6.13. The quantitative estimate of drug-likeness (QED) is 0.743. The molecule has 2 nitrogen and oxygen atoms in total. The van der Waals surface area contributed by atoms with E-state index in [9.17, 15) is 4.79 Å². The second-order valence-electron chi connectivity index (χ2n) is 6.34. The summed E-state index contributed by atoms with van der Waals surface area (Å²) in [5.74, 6) is 1.48. The Hall–Kier alpha value is -2.35. The number of aryl methyl sites for hydroxylation is 1. The van der Waals surface area contributed by atoms with Gasteiger partial charge in [-0.2, -0.15) is 0 Å². The Morgan fingerprint density at radius 1 is 1.04 bits per heavy atom. The van der Waals surface area contributed by atoms with Crippen LogP contribution in [-0.2, 0) is 6.42 Å². The van der Waals surface area contributed by atoms with Crippen LogP contribution in [0.2, 0.25) is 0 Å². The fourth-order valence-corrected chi connectivity index (χ4v) is 3.00. The maximum atomic E-state index is 12.7. The van der Waals surface area contributed by atoms with E-state index in [4.69, 9.17) is 4.74 Å². The van der Waals surface area contributed by atoms with Crippen molar-refractivity contribution >= 4 is 11.9 Å². The molecular formula is C21H22O2. The van der Waals surface area contributed by atoms with E-state index in [0.29, 0.717) is 5.92 Å². The summed E-state index contributed by atoms with van der Waals surface area (Å²) in [6, 6.07) is 14.2. The first-order valence-corrected chi connectivity index (χ1v) is 8.10. The summed E-state index contributed by atoms with van der Waals surface area (Å²) in [7, 11) is 1.65. The number of Topliss-reactive ketones (excluding diaryl/α,β-unsaturated/α-hetero) is 1. The Bertz CT molecular complexity index is 752. The monoisotopic (exact) mass is 306 g/mol. The summed E-state index contributed by atoms with van der Waals surface area (Å²) in [6.45, 7) is 4.37. The third-order valence-electron chi connectivity index (χ3n) is 4.46. The molecule has 3 rings (SSSR count). The lowest BCUT2D eigenvalue weighted by atomic mass is 9.86. The zero-order valence-electron chi connectivity index (χ0n) is 13.9. The molecule has 0 bridgehead atoms. The summed E-state index contributed by atoms with van der Waals surface area (Å²) in [6.07, 6.45) is 3.69. The maximum Gasteiger partial charge on any atom is 0.189 e. The first-order chi connectivity index (χ1) is 11.1. The van der Waals surface area contributed by atoms with Crippen LogP contribution in [0.15, 0.2) is 48.0 Å². The SMILES string of the molecule is COc1ccc2c(c1)CC/C(=C\c1ccc(C(C)C)cc1)C2=O. The number of allylic oxidation sites excluding steroid dienone is 1. The van der Waals surface area contributed by atoms with E-state index in [1.807, 2.05) is 24.3 Å². The van der Waals surface area contributed by atoms with Crippen LogP contribution in [-0.4, -0.2) is 12.9 Å². The van der Waals surface area contributed by atoms with Gasteiger partial charge >= 0.3 is 0 Å². The van der Waals surface area contributed by atoms with Crippen molar-refractivity contribution in [1.82, 2.24) is 0 Å². The number of carbonyl (C=O) groups is 1. The standard InChI is InChI=1S/C21H22O2/c1-14(2)16-6-4-15(5-7-16)12-18-9-8-17-13-19(23-3)10-11-20(17)21(18)22/h4-7,10-14H,8-9H2,1-3H3/b18-12+. The molecule has 0 amide bonds. The summed E-state index contributed by atoms with van der Waals surface area (Å²) in [5, 5.41) is 0. The number of benzene rings is 2. The highest BCUT2D eigenvalue weighted by atomic mass is 16.5. The van der Waals surface area contributed by atoms with Crippen molar-refractivity contribution in [2.75, 3.05) is 7.11 Å². The Morgan fingerprint density at radius 3 is 2.43 bits per heavy atom. The van der Waals surface area contributed by atoms with Crippen molar-refractivity contribution in [2.24, 2.45) is 0 Å². The minimum absolute atomic E-state index is 0.141. The number of methoxy groups -OCH3 is 1. The predicted octanol–water partition coefficient (Wildman–Crippen LogP) is 5.03. The van der Waals surface area contributed by atoms with Crippen LogP contribution < -0.4 is 4.74 Å². The summed E-state index contributed by atoms with van der Waals surface area (Å²) in [5.41, 5.74) is 5.19. The minimum atomic E-state index is 0.141. The molecule has 0 unspecified atom stereocenters. The van der Waals surface area contributed by atoms with Gasteiger partial charge in [-0.1, -0.05) is 38.1 Å². The highest BCUT2D eigenvalue weighted by Gasteiger charge is 2.22. The fraction of sp³-hybridized carbons (Fsp3) is 0.286. The van der Waals surface area contributed by atoms with Gasteiger partial charge < -0.3 is 4.74 Å². The second-order valence-corrected chi connectivity index (χ2v) is 6.34. The van der Waals surface area contributed by atoms with Crippen molar-refractivity contribution < 1.29 is 9.53 Å². The molecule has 0 N–H and O–H groups in total. The minimum Gasteiger partial charge on any atom is -0.497 e. The van der Waals surface area contributed by atoms with Gasteiger partial charge in [-0.25, -0.2) is 0 Å². The van der Waals surface area contributed by atoms with Crippen LogP contribution in [0.3, 0.4) is 0 Å². The lowest BCUT2D eigenvalue weighted by Gasteiger charge is -2.18. The topological polar surface area (TPSA) is 26.3 Å². The first-order valence-electron chi connectivity index (χ1n) is 8.10. The van der Waals surface area contributed by atoms with Crippen LogP contribution in [0.25, 0.3) is 6.08 Å². The van der Waals surface area contributed by atoms with Crippen molar-refractivity contribution in [2.45, 2.75) is 32.6 Å². The van der Waals surface area contributed by atoms with Crippen LogP contribution in [0, 0.1) is 0 Å². The Morgan fingerprint density at radius 2 is 1.78 bits per heavy atom. The molecule has 2 heteroatoms. The molecule has 2 aromatic carbocycles. The maximum absolute atomic E-state index is 12.7. The third-order valence-corrected chi connectivity index (χ3v) is 4.46. The average molecular weight is 306 g/mol. The van der Waals surface area contributed by atoms with Crippen molar-refractivity contribution in [3.63, 3.8) is 0 Å². The molecule has 0 spiro atoms. The molecule has 2 aromatic rings. The molecule has 23 heavy (non-hydrogen) atoms. The van der Waals surface area contributed by atoms with Gasteiger partial charge in [0.15, 0.2) is 5.78 Å². The third kappa shape index (κ3) is 3.21. The summed E-state index contributed by atoms with van der Waals surface area (Å²) in [4.78, 5) is 12.7. The number of ketones is 1. The van der Waals surface area contributed by atoms with Gasteiger partial charge in [0.2, 0.25) is 0 Å². The normalized spacial score (nSPS) is 15.8.